The van der Waals surface area contributed by atoms with Crippen LogP contribution in [0.3, 0.4) is 0 Å². The van der Waals surface area contributed by atoms with Gasteiger partial charge in [0.15, 0.2) is 6.73 Å². The fourth-order valence-electron chi connectivity index (χ4n) is 4.25. The topological polar surface area (TPSA) is 94.1 Å². The molecule has 0 radical (unpaired) electrons. The number of hydrogen-bond donors (Lipinski definition) is 1. The van der Waals surface area contributed by atoms with E-state index in [1.165, 1.54) is 11.1 Å². The average Bonchev–Trinajstić information content (AvgIpc) is 2.90. The van der Waals surface area contributed by atoms with Crippen LogP contribution in [-0.4, -0.2) is 78.7 Å². The van der Waals surface area contributed by atoms with Crippen LogP contribution in [0.5, 0.6) is 5.88 Å². The van der Waals surface area contributed by atoms with Gasteiger partial charge in [-0.05, 0) is 36.4 Å². The first-order valence-corrected chi connectivity index (χ1v) is 12.4. The number of nitrogens with zero attached hydrogens (tertiary/aromatic N) is 6. The van der Waals surface area contributed by atoms with Crippen molar-refractivity contribution in [2.75, 3.05) is 62.1 Å². The number of ether oxygens (including phenoxy) is 1. The molecule has 0 spiro atoms. The third-order valence-electron chi connectivity index (χ3n) is 6.19. The summed E-state index contributed by atoms with van der Waals surface area (Å²) in [5, 5.41) is 3.84. The van der Waals surface area contributed by atoms with Gasteiger partial charge in [0.25, 0.3) is 5.91 Å². The van der Waals surface area contributed by atoms with Gasteiger partial charge in [-0.25, -0.2) is 9.78 Å². The number of benzene rings is 2. The molecule has 0 unspecified atom stereocenters. The molecule has 3 aromatic rings. The van der Waals surface area contributed by atoms with Crippen molar-refractivity contribution in [1.29, 1.82) is 0 Å². The molecule has 2 aliphatic rings. The molecular formula is C25H25Cl2N7O3. The summed E-state index contributed by atoms with van der Waals surface area (Å²) in [5.41, 5.74) is 2.46. The first-order chi connectivity index (χ1) is 17.8. The maximum Gasteiger partial charge on any atom is 0.319 e. The fourth-order valence-corrected chi connectivity index (χ4v) is 4.85. The zero-order valence-corrected chi connectivity index (χ0v) is 21.8. The molecule has 192 valence electrons. The maximum atomic E-state index is 13.1. The van der Waals surface area contributed by atoms with E-state index >= 15 is 0 Å². The fraction of sp³-hybridized carbons (Fsp3) is 0.280. The zero-order valence-electron chi connectivity index (χ0n) is 20.3. The van der Waals surface area contributed by atoms with Crippen molar-refractivity contribution in [3.8, 4) is 5.88 Å². The van der Waals surface area contributed by atoms with E-state index in [2.05, 4.69) is 20.2 Å². The Labute approximate surface area is 224 Å². The van der Waals surface area contributed by atoms with Gasteiger partial charge in [0.1, 0.15) is 5.56 Å². The van der Waals surface area contributed by atoms with E-state index < -0.39 is 0 Å². The smallest absolute Gasteiger partial charge is 0.319 e. The molecule has 1 saturated heterocycles. The van der Waals surface area contributed by atoms with E-state index in [1.54, 1.807) is 37.2 Å². The highest BCUT2D eigenvalue weighted by Gasteiger charge is 2.31. The lowest BCUT2D eigenvalue weighted by molar-refractivity contribution is 0.0932. The molecule has 5 rings (SSSR count). The molecule has 3 amide bonds. The van der Waals surface area contributed by atoms with Crippen LogP contribution < -0.4 is 19.9 Å². The summed E-state index contributed by atoms with van der Waals surface area (Å²) in [6, 6.07) is 12.9. The van der Waals surface area contributed by atoms with Crippen LogP contribution in [-0.2, 0) is 0 Å². The molecule has 0 aliphatic carbocycles. The highest BCUT2D eigenvalue weighted by atomic mass is 35.5. The lowest BCUT2D eigenvalue weighted by atomic mass is 10.2. The van der Waals surface area contributed by atoms with Crippen molar-refractivity contribution in [2.24, 2.45) is 0 Å². The number of aromatic nitrogens is 2. The van der Waals surface area contributed by atoms with Crippen LogP contribution in [0.15, 0.2) is 48.7 Å². The van der Waals surface area contributed by atoms with Crippen molar-refractivity contribution < 1.29 is 14.3 Å². The van der Waals surface area contributed by atoms with E-state index in [9.17, 15) is 9.59 Å². The van der Waals surface area contributed by atoms with Crippen LogP contribution in [0.1, 0.15) is 10.4 Å². The second-order valence-electron chi connectivity index (χ2n) is 8.81. The monoisotopic (exact) mass is 541 g/mol. The van der Waals surface area contributed by atoms with Gasteiger partial charge in [0.2, 0.25) is 11.8 Å². The van der Waals surface area contributed by atoms with Crippen LogP contribution in [0.2, 0.25) is 10.0 Å². The minimum Gasteiger partial charge on any atom is -0.455 e. The number of piperazine rings is 1. The summed E-state index contributed by atoms with van der Waals surface area (Å²) in [6.07, 6.45) is 1.42. The van der Waals surface area contributed by atoms with E-state index in [0.29, 0.717) is 34.8 Å². The standard InChI is InChI=1S/C25H25Cl2N7O3/c1-31(2)25(36)33-12-10-32(11-13-33)17-8-6-16(7-9-17)29-24-28-14-18-22(30-24)37-15-34(23(18)35)21-19(26)4-3-5-20(21)27/h3-9,14H,10-13,15H2,1-2H3,(H,28,29,30). The Morgan fingerprint density at radius 3 is 2.35 bits per heavy atom. The summed E-state index contributed by atoms with van der Waals surface area (Å²) < 4.78 is 5.75. The Kier molecular flexibility index (Phi) is 6.94. The number of para-hydroxylation sites is 1. The number of amides is 3. The van der Waals surface area contributed by atoms with Crippen LogP contribution in [0, 0.1) is 0 Å². The van der Waals surface area contributed by atoms with Crippen LogP contribution in [0.4, 0.5) is 27.8 Å². The molecule has 0 bridgehead atoms. The predicted octanol–water partition coefficient (Wildman–Crippen LogP) is 4.33. The summed E-state index contributed by atoms with van der Waals surface area (Å²) in [6.45, 7) is 2.82. The molecule has 1 aromatic heterocycles. The second-order valence-corrected chi connectivity index (χ2v) is 9.63. The second kappa shape index (κ2) is 10.3. The van der Waals surface area contributed by atoms with Gasteiger partial charge in [-0.1, -0.05) is 29.3 Å². The number of halogens is 2. The van der Waals surface area contributed by atoms with Gasteiger partial charge in [-0.15, -0.1) is 0 Å². The van der Waals surface area contributed by atoms with Gasteiger partial charge in [-0.3, -0.25) is 9.69 Å². The summed E-state index contributed by atoms with van der Waals surface area (Å²) in [5.74, 6) is 0.141. The van der Waals surface area contributed by atoms with Crippen molar-refractivity contribution in [2.45, 2.75) is 0 Å². The molecule has 37 heavy (non-hydrogen) atoms. The Morgan fingerprint density at radius 2 is 1.70 bits per heavy atom. The lowest BCUT2D eigenvalue weighted by Gasteiger charge is -2.37. The van der Waals surface area contributed by atoms with E-state index in [4.69, 9.17) is 27.9 Å². The summed E-state index contributed by atoms with van der Waals surface area (Å²) in [7, 11) is 3.53. The van der Waals surface area contributed by atoms with Crippen LogP contribution >= 0.6 is 23.2 Å². The van der Waals surface area contributed by atoms with Crippen molar-refractivity contribution in [1.82, 2.24) is 19.8 Å². The number of hydrogen-bond acceptors (Lipinski definition) is 7. The molecule has 3 heterocycles. The molecule has 1 N–H and O–H groups in total. The van der Waals surface area contributed by atoms with Crippen LogP contribution in [0.25, 0.3) is 0 Å². The molecule has 10 nitrogen and oxygen atoms in total. The Bertz CT molecular complexity index is 1310. The molecule has 1 fully saturated rings. The number of fused-ring (bicyclic) bond motifs is 1. The number of rotatable bonds is 4. The minimum atomic E-state index is -0.348. The van der Waals surface area contributed by atoms with Crippen molar-refractivity contribution in [3.63, 3.8) is 0 Å². The molecule has 2 aliphatic heterocycles. The molecule has 0 atom stereocenters. The largest absolute Gasteiger partial charge is 0.455 e. The highest BCUT2D eigenvalue weighted by Crippen LogP contribution is 2.37. The molecule has 0 saturated carbocycles. The maximum absolute atomic E-state index is 13.1. The number of urea groups is 1. The quantitative estimate of drug-likeness (QED) is 0.525. The van der Waals surface area contributed by atoms with E-state index in [1.807, 2.05) is 29.2 Å². The van der Waals surface area contributed by atoms with Gasteiger partial charge >= 0.3 is 6.03 Å². The number of carbonyl (C=O) groups is 2. The minimum absolute atomic E-state index is 0.0373. The molecule has 2 aromatic carbocycles. The Morgan fingerprint density at radius 1 is 1.03 bits per heavy atom. The highest BCUT2D eigenvalue weighted by molar-refractivity contribution is 6.40. The first-order valence-electron chi connectivity index (χ1n) is 11.7. The SMILES string of the molecule is CN(C)C(=O)N1CCN(c2ccc(Nc3ncc4c(n3)OCN(c3c(Cl)cccc3Cl)C4=O)cc2)CC1. The molecule has 12 heteroatoms. The van der Waals surface area contributed by atoms with Crippen molar-refractivity contribution >= 4 is 58.2 Å². The number of carbonyl (C=O) groups excluding carboxylic acids is 2. The third-order valence-corrected chi connectivity index (χ3v) is 6.80. The van der Waals surface area contributed by atoms with Gasteiger partial charge in [0, 0.05) is 57.8 Å². The zero-order chi connectivity index (χ0) is 26.1. The van der Waals surface area contributed by atoms with E-state index in [0.717, 1.165) is 24.5 Å². The Balaban J connectivity index is 1.24. The summed E-state index contributed by atoms with van der Waals surface area (Å²) >= 11 is 12.5. The third kappa shape index (κ3) is 5.07. The van der Waals surface area contributed by atoms with Gasteiger partial charge in [0.05, 0.1) is 15.7 Å². The van der Waals surface area contributed by atoms with Crippen molar-refractivity contribution in [3.05, 3.63) is 64.3 Å². The number of nitrogens with one attached hydrogen (secondary N) is 1. The Hall–Kier alpha value is -3.76. The first kappa shape index (κ1) is 24.9. The number of anilines is 4. The predicted molar refractivity (Wildman–Crippen MR) is 143 cm³/mol. The summed E-state index contributed by atoms with van der Waals surface area (Å²) in [4.78, 5) is 40.9. The van der Waals surface area contributed by atoms with Gasteiger partial charge < -0.3 is 24.8 Å². The van der Waals surface area contributed by atoms with E-state index in [-0.39, 0.29) is 30.1 Å². The average molecular weight is 542 g/mol. The van der Waals surface area contributed by atoms with Gasteiger partial charge in [-0.2, -0.15) is 4.98 Å². The lowest BCUT2D eigenvalue weighted by Crippen LogP contribution is -2.51. The normalized spacial score (nSPS) is 15.2. The molecular weight excluding hydrogens is 517 g/mol.